The van der Waals surface area contributed by atoms with Crippen molar-refractivity contribution >= 4 is 10.0 Å². The van der Waals surface area contributed by atoms with Crippen molar-refractivity contribution in [2.24, 2.45) is 0 Å². The second kappa shape index (κ2) is 5.94. The molecule has 22 heavy (non-hydrogen) atoms. The lowest BCUT2D eigenvalue weighted by Gasteiger charge is -2.42. The maximum absolute atomic E-state index is 13.0. The van der Waals surface area contributed by atoms with Gasteiger partial charge in [-0.2, -0.15) is 9.40 Å². The third-order valence-electron chi connectivity index (χ3n) is 4.93. The molecule has 2 atom stereocenters. The highest BCUT2D eigenvalue weighted by Gasteiger charge is 2.41. The highest BCUT2D eigenvalue weighted by molar-refractivity contribution is 7.89. The molecule has 0 bridgehead atoms. The summed E-state index contributed by atoms with van der Waals surface area (Å²) in [5.74, 6) is 0. The van der Waals surface area contributed by atoms with Crippen LogP contribution >= 0.6 is 0 Å². The van der Waals surface area contributed by atoms with Gasteiger partial charge in [0.1, 0.15) is 4.90 Å². The lowest BCUT2D eigenvalue weighted by molar-refractivity contribution is 0.106. The number of hydrogen-bond donors (Lipinski definition) is 0. The predicted octanol–water partition coefficient (Wildman–Crippen LogP) is 1.71. The van der Waals surface area contributed by atoms with Crippen LogP contribution in [0, 0.1) is 0 Å². The number of hydrogen-bond acceptors (Lipinski definition) is 4. The van der Waals surface area contributed by atoms with Crippen molar-refractivity contribution in [3.05, 3.63) is 12.4 Å². The van der Waals surface area contributed by atoms with Crippen LogP contribution in [0.4, 0.5) is 0 Å². The predicted molar refractivity (Wildman–Crippen MR) is 85.2 cm³/mol. The summed E-state index contributed by atoms with van der Waals surface area (Å²) in [5.41, 5.74) is 0. The average Bonchev–Trinajstić information content (AvgIpc) is 3.14. The van der Waals surface area contributed by atoms with E-state index in [4.69, 9.17) is 0 Å². The van der Waals surface area contributed by atoms with E-state index in [0.29, 0.717) is 17.5 Å². The molecule has 2 aliphatic heterocycles. The maximum atomic E-state index is 13.0. The van der Waals surface area contributed by atoms with Crippen LogP contribution < -0.4 is 0 Å². The second-order valence-corrected chi connectivity index (χ2v) is 8.57. The van der Waals surface area contributed by atoms with Crippen LogP contribution in [-0.4, -0.2) is 59.1 Å². The zero-order chi connectivity index (χ0) is 15.9. The Kier molecular flexibility index (Phi) is 4.31. The Labute approximate surface area is 133 Å². The minimum atomic E-state index is -3.45. The zero-order valence-corrected chi connectivity index (χ0v) is 14.5. The van der Waals surface area contributed by atoms with Gasteiger partial charge in [-0.15, -0.1) is 0 Å². The van der Waals surface area contributed by atoms with E-state index in [1.165, 1.54) is 12.6 Å². The monoisotopic (exact) mass is 326 g/mol. The molecule has 124 valence electrons. The Balaban J connectivity index is 1.88. The number of sulfonamides is 1. The van der Waals surface area contributed by atoms with Gasteiger partial charge in [0, 0.05) is 37.4 Å². The minimum Gasteiger partial charge on any atom is -0.297 e. The first-order chi connectivity index (χ1) is 10.4. The highest BCUT2D eigenvalue weighted by atomic mass is 32.2. The van der Waals surface area contributed by atoms with E-state index in [1.807, 2.05) is 13.8 Å². The number of rotatable bonds is 4. The molecule has 0 spiro atoms. The first kappa shape index (κ1) is 16.0. The normalized spacial score (nSPS) is 27.5. The van der Waals surface area contributed by atoms with E-state index in [0.717, 1.165) is 25.9 Å². The fourth-order valence-electron chi connectivity index (χ4n) is 3.56. The van der Waals surface area contributed by atoms with Gasteiger partial charge in [0.15, 0.2) is 0 Å². The molecule has 0 unspecified atom stereocenters. The van der Waals surface area contributed by atoms with Crippen LogP contribution in [0.5, 0.6) is 0 Å². The second-order valence-electron chi connectivity index (χ2n) is 6.68. The molecule has 0 aromatic carbocycles. The first-order valence-electron chi connectivity index (χ1n) is 8.23. The number of fused-ring (bicyclic) bond motifs is 1. The standard InChI is InChI=1S/C15H26N4O2S/c1-4-13-9-17-7-5-6-14(17)10-19(13)22(20,21)15-8-16-18(11-15)12(2)3/h8,11-14H,4-7,9-10H2,1-3H3/t13-,14-/m1/s1. The number of piperazine rings is 1. The van der Waals surface area contributed by atoms with Gasteiger partial charge in [-0.3, -0.25) is 9.58 Å². The summed E-state index contributed by atoms with van der Waals surface area (Å²) in [7, 11) is -3.45. The topological polar surface area (TPSA) is 58.4 Å². The van der Waals surface area contributed by atoms with Crippen LogP contribution in [0.2, 0.25) is 0 Å². The summed E-state index contributed by atoms with van der Waals surface area (Å²) in [4.78, 5) is 2.78. The molecule has 2 saturated heterocycles. The van der Waals surface area contributed by atoms with Gasteiger partial charge < -0.3 is 0 Å². The first-order valence-corrected chi connectivity index (χ1v) is 9.67. The Morgan fingerprint density at radius 1 is 1.36 bits per heavy atom. The lowest BCUT2D eigenvalue weighted by atomic mass is 10.1. The summed E-state index contributed by atoms with van der Waals surface area (Å²) in [6, 6.07) is 0.622. The van der Waals surface area contributed by atoms with Gasteiger partial charge in [0.25, 0.3) is 0 Å². The largest absolute Gasteiger partial charge is 0.297 e. The maximum Gasteiger partial charge on any atom is 0.246 e. The Morgan fingerprint density at radius 2 is 2.14 bits per heavy atom. The summed E-state index contributed by atoms with van der Waals surface area (Å²) in [5, 5.41) is 4.19. The fourth-order valence-corrected chi connectivity index (χ4v) is 5.23. The van der Waals surface area contributed by atoms with Gasteiger partial charge in [-0.25, -0.2) is 8.42 Å². The molecule has 0 amide bonds. The molecule has 7 heteroatoms. The van der Waals surface area contributed by atoms with E-state index < -0.39 is 10.0 Å². The summed E-state index contributed by atoms with van der Waals surface area (Å²) >= 11 is 0. The molecule has 2 fully saturated rings. The molecule has 1 aromatic rings. The van der Waals surface area contributed by atoms with Crippen molar-refractivity contribution in [3.63, 3.8) is 0 Å². The Bertz CT molecular complexity index is 625. The van der Waals surface area contributed by atoms with E-state index in [1.54, 1.807) is 15.2 Å². The molecule has 3 heterocycles. The van der Waals surface area contributed by atoms with Gasteiger partial charge in [-0.05, 0) is 39.7 Å². The van der Waals surface area contributed by atoms with Crippen LogP contribution in [0.1, 0.15) is 46.1 Å². The number of aromatic nitrogens is 2. The SMILES string of the molecule is CC[C@@H]1CN2CCC[C@@H]2CN1S(=O)(=O)c1cnn(C(C)C)c1. The van der Waals surface area contributed by atoms with E-state index in [2.05, 4.69) is 16.9 Å². The van der Waals surface area contributed by atoms with Gasteiger partial charge >= 0.3 is 0 Å². The van der Waals surface area contributed by atoms with Crippen LogP contribution in [0.25, 0.3) is 0 Å². The summed E-state index contributed by atoms with van der Waals surface area (Å²) in [6.07, 6.45) is 6.28. The molecule has 0 aliphatic carbocycles. The Hall–Kier alpha value is -0.920. The molecular formula is C15H26N4O2S. The van der Waals surface area contributed by atoms with Crippen LogP contribution in [0.15, 0.2) is 17.3 Å². The minimum absolute atomic E-state index is 0.0711. The summed E-state index contributed by atoms with van der Waals surface area (Å²) in [6.45, 7) is 8.65. The van der Waals surface area contributed by atoms with Gasteiger partial charge in [0.05, 0.1) is 6.20 Å². The third-order valence-corrected chi connectivity index (χ3v) is 6.80. The highest BCUT2D eigenvalue weighted by Crippen LogP contribution is 2.30. The third kappa shape index (κ3) is 2.70. The van der Waals surface area contributed by atoms with Crippen molar-refractivity contribution in [1.82, 2.24) is 19.0 Å². The molecule has 3 rings (SSSR count). The van der Waals surface area contributed by atoms with Crippen LogP contribution in [-0.2, 0) is 10.0 Å². The molecule has 0 N–H and O–H groups in total. The molecule has 6 nitrogen and oxygen atoms in total. The van der Waals surface area contributed by atoms with Crippen molar-refractivity contribution in [3.8, 4) is 0 Å². The smallest absolute Gasteiger partial charge is 0.246 e. The summed E-state index contributed by atoms with van der Waals surface area (Å²) < 4.78 is 29.5. The molecule has 2 aliphatic rings. The van der Waals surface area contributed by atoms with E-state index in [9.17, 15) is 8.42 Å². The van der Waals surface area contributed by atoms with Crippen molar-refractivity contribution in [2.75, 3.05) is 19.6 Å². The van der Waals surface area contributed by atoms with Crippen molar-refractivity contribution in [1.29, 1.82) is 0 Å². The zero-order valence-electron chi connectivity index (χ0n) is 13.6. The average molecular weight is 326 g/mol. The molecule has 1 aromatic heterocycles. The van der Waals surface area contributed by atoms with E-state index in [-0.39, 0.29) is 12.1 Å². The molecule has 0 radical (unpaired) electrons. The quantitative estimate of drug-likeness (QED) is 0.845. The van der Waals surface area contributed by atoms with Crippen LogP contribution in [0.3, 0.4) is 0 Å². The number of nitrogens with zero attached hydrogens (tertiary/aromatic N) is 4. The molecular weight excluding hydrogens is 300 g/mol. The van der Waals surface area contributed by atoms with E-state index >= 15 is 0 Å². The van der Waals surface area contributed by atoms with Gasteiger partial charge in [0.2, 0.25) is 10.0 Å². The van der Waals surface area contributed by atoms with Crippen molar-refractivity contribution in [2.45, 2.75) is 63.1 Å². The fraction of sp³-hybridized carbons (Fsp3) is 0.800. The lowest BCUT2D eigenvalue weighted by Crippen LogP contribution is -2.57. The van der Waals surface area contributed by atoms with Crippen molar-refractivity contribution < 1.29 is 8.42 Å². The van der Waals surface area contributed by atoms with Gasteiger partial charge in [-0.1, -0.05) is 6.92 Å². The molecule has 0 saturated carbocycles. The Morgan fingerprint density at radius 3 is 2.77 bits per heavy atom.